The molecule has 0 aliphatic carbocycles. The predicted octanol–water partition coefficient (Wildman–Crippen LogP) is 0.415. The van der Waals surface area contributed by atoms with Crippen LogP contribution in [0.1, 0.15) is 5.56 Å². The summed E-state index contributed by atoms with van der Waals surface area (Å²) >= 11 is 10.9. The van der Waals surface area contributed by atoms with Crippen molar-refractivity contribution in [3.05, 3.63) is 28.8 Å². The largest absolute Gasteiger partial charge is 0.389 e. The first kappa shape index (κ1) is 16.6. The van der Waals surface area contributed by atoms with Gasteiger partial charge in [-0.1, -0.05) is 29.9 Å². The first-order valence-corrected chi connectivity index (χ1v) is 8.62. The van der Waals surface area contributed by atoms with E-state index in [4.69, 9.17) is 29.6 Å². The Morgan fingerprint density at radius 2 is 1.95 bits per heavy atom. The highest BCUT2D eigenvalue weighted by Gasteiger charge is 2.23. The molecular formula is C12H17ClN4O2S2. The number of hydrazine groups is 1. The predicted molar refractivity (Wildman–Crippen MR) is 86.7 cm³/mol. The van der Waals surface area contributed by atoms with E-state index in [0.29, 0.717) is 18.7 Å². The molecule has 1 heterocycles. The van der Waals surface area contributed by atoms with E-state index >= 15 is 0 Å². The second-order valence-electron chi connectivity index (χ2n) is 4.89. The summed E-state index contributed by atoms with van der Waals surface area (Å²) in [6.45, 7) is 2.85. The molecule has 1 aromatic carbocycles. The Morgan fingerprint density at radius 1 is 1.33 bits per heavy atom. The van der Waals surface area contributed by atoms with Crippen LogP contribution >= 0.6 is 23.8 Å². The van der Waals surface area contributed by atoms with Crippen LogP contribution < -0.4 is 10.6 Å². The fourth-order valence-electron chi connectivity index (χ4n) is 1.99. The van der Waals surface area contributed by atoms with Gasteiger partial charge in [0.15, 0.2) is 0 Å². The minimum atomic E-state index is -3.71. The SMILES string of the molecule is CN1CCN(NS(=O)(=O)c2ccc(C(N)=S)cc2Cl)CC1. The summed E-state index contributed by atoms with van der Waals surface area (Å²) < 4.78 is 24.7. The zero-order valence-electron chi connectivity index (χ0n) is 11.5. The summed E-state index contributed by atoms with van der Waals surface area (Å²) in [5.41, 5.74) is 6.03. The second-order valence-corrected chi connectivity index (χ2v) is 7.37. The Kier molecular flexibility index (Phi) is 5.18. The average Bonchev–Trinajstić information content (AvgIpc) is 2.40. The van der Waals surface area contributed by atoms with Gasteiger partial charge in [0.25, 0.3) is 10.0 Å². The third-order valence-corrected chi connectivity index (χ3v) is 5.35. The Labute approximate surface area is 134 Å². The van der Waals surface area contributed by atoms with Crippen molar-refractivity contribution in [2.24, 2.45) is 5.73 Å². The van der Waals surface area contributed by atoms with Gasteiger partial charge in [-0.3, -0.25) is 0 Å². The number of nitrogens with zero attached hydrogens (tertiary/aromatic N) is 2. The minimum Gasteiger partial charge on any atom is -0.389 e. The number of halogens is 1. The fraction of sp³-hybridized carbons (Fsp3) is 0.417. The molecular weight excluding hydrogens is 332 g/mol. The van der Waals surface area contributed by atoms with Gasteiger partial charge < -0.3 is 10.6 Å². The summed E-state index contributed by atoms with van der Waals surface area (Å²) in [7, 11) is -1.71. The number of nitrogens with one attached hydrogen (secondary N) is 1. The number of hydrogen-bond acceptors (Lipinski definition) is 5. The lowest BCUT2D eigenvalue weighted by Gasteiger charge is -2.32. The second kappa shape index (κ2) is 6.55. The van der Waals surface area contributed by atoms with Crippen LogP contribution in [0.25, 0.3) is 0 Å². The van der Waals surface area contributed by atoms with Gasteiger partial charge in [-0.25, -0.2) is 13.4 Å². The summed E-state index contributed by atoms with van der Waals surface area (Å²) in [5, 5.41) is 1.77. The molecule has 21 heavy (non-hydrogen) atoms. The van der Waals surface area contributed by atoms with E-state index in [9.17, 15) is 8.42 Å². The van der Waals surface area contributed by atoms with Crippen LogP contribution in [0.4, 0.5) is 0 Å². The zero-order valence-corrected chi connectivity index (χ0v) is 13.9. The fourth-order valence-corrected chi connectivity index (χ4v) is 3.78. The minimum absolute atomic E-state index is 0.0168. The summed E-state index contributed by atoms with van der Waals surface area (Å²) in [4.78, 5) is 4.88. The molecule has 0 saturated carbocycles. The zero-order chi connectivity index (χ0) is 15.6. The number of thiocarbonyl (C=S) groups is 1. The summed E-state index contributed by atoms with van der Waals surface area (Å²) in [6, 6.07) is 4.42. The normalized spacial score (nSPS) is 17.8. The lowest BCUT2D eigenvalue weighted by atomic mass is 10.2. The van der Waals surface area contributed by atoms with Crippen molar-refractivity contribution in [1.82, 2.24) is 14.7 Å². The molecule has 1 aliphatic rings. The van der Waals surface area contributed by atoms with Crippen molar-refractivity contribution in [3.8, 4) is 0 Å². The number of benzene rings is 1. The van der Waals surface area contributed by atoms with E-state index in [0.717, 1.165) is 13.1 Å². The number of sulfonamides is 1. The lowest BCUT2D eigenvalue weighted by molar-refractivity contribution is 0.135. The van der Waals surface area contributed by atoms with Crippen molar-refractivity contribution in [2.75, 3.05) is 33.2 Å². The molecule has 0 unspecified atom stereocenters. The van der Waals surface area contributed by atoms with Gasteiger partial charge in [0.2, 0.25) is 0 Å². The number of hydrogen-bond donors (Lipinski definition) is 2. The van der Waals surface area contributed by atoms with Crippen LogP contribution in [0, 0.1) is 0 Å². The van der Waals surface area contributed by atoms with Crippen LogP contribution in [0.15, 0.2) is 23.1 Å². The molecule has 1 aliphatic heterocycles. The first-order chi connectivity index (χ1) is 9.79. The van der Waals surface area contributed by atoms with E-state index in [1.54, 1.807) is 11.1 Å². The molecule has 0 bridgehead atoms. The maximum absolute atomic E-state index is 12.4. The number of likely N-dealkylation sites (N-methyl/N-ethyl adjacent to an activating group) is 1. The van der Waals surface area contributed by atoms with Crippen molar-refractivity contribution >= 4 is 38.8 Å². The quantitative estimate of drug-likeness (QED) is 0.768. The molecule has 0 aromatic heterocycles. The first-order valence-electron chi connectivity index (χ1n) is 6.35. The van der Waals surface area contributed by atoms with Gasteiger partial charge in [-0.2, -0.15) is 0 Å². The highest BCUT2D eigenvalue weighted by Crippen LogP contribution is 2.23. The van der Waals surface area contributed by atoms with Crippen LogP contribution in [0.2, 0.25) is 5.02 Å². The standard InChI is InChI=1S/C12H17ClN4O2S2/c1-16-4-6-17(7-5-16)15-21(18,19)11-3-2-9(12(14)20)8-10(11)13/h2-3,8,15H,4-7H2,1H3,(H2,14,20). The van der Waals surface area contributed by atoms with Crippen LogP contribution in [-0.2, 0) is 10.0 Å². The number of rotatable bonds is 4. The van der Waals surface area contributed by atoms with E-state index in [1.807, 2.05) is 7.05 Å². The molecule has 0 atom stereocenters. The van der Waals surface area contributed by atoms with E-state index in [2.05, 4.69) is 9.73 Å². The lowest BCUT2D eigenvalue weighted by Crippen LogP contribution is -2.52. The molecule has 0 amide bonds. The van der Waals surface area contributed by atoms with Crippen molar-refractivity contribution in [2.45, 2.75) is 4.90 Å². The van der Waals surface area contributed by atoms with Crippen LogP contribution in [0.3, 0.4) is 0 Å². The Balaban J connectivity index is 2.18. The van der Waals surface area contributed by atoms with E-state index < -0.39 is 10.0 Å². The molecule has 9 heteroatoms. The number of nitrogens with two attached hydrogens (primary N) is 1. The highest BCUT2D eigenvalue weighted by atomic mass is 35.5. The Bertz CT molecular complexity index is 643. The molecule has 0 spiro atoms. The average molecular weight is 349 g/mol. The molecule has 0 radical (unpaired) electrons. The molecule has 3 N–H and O–H groups in total. The summed E-state index contributed by atoms with van der Waals surface area (Å²) in [6.07, 6.45) is 0. The third kappa shape index (κ3) is 4.12. The van der Waals surface area contributed by atoms with Gasteiger partial charge in [0.1, 0.15) is 9.88 Å². The maximum atomic E-state index is 12.4. The molecule has 6 nitrogen and oxygen atoms in total. The van der Waals surface area contributed by atoms with E-state index in [1.165, 1.54) is 12.1 Å². The third-order valence-electron chi connectivity index (χ3n) is 3.26. The Hall–Kier alpha value is -0.770. The molecule has 1 saturated heterocycles. The van der Waals surface area contributed by atoms with Crippen LogP contribution in [0.5, 0.6) is 0 Å². The topological polar surface area (TPSA) is 78.7 Å². The molecule has 2 rings (SSSR count). The van der Waals surface area contributed by atoms with E-state index in [-0.39, 0.29) is 14.9 Å². The Morgan fingerprint density at radius 3 is 2.48 bits per heavy atom. The molecule has 1 fully saturated rings. The van der Waals surface area contributed by atoms with Gasteiger partial charge in [0, 0.05) is 31.7 Å². The highest BCUT2D eigenvalue weighted by molar-refractivity contribution is 7.89. The maximum Gasteiger partial charge on any atom is 0.254 e. The van der Waals surface area contributed by atoms with Crippen molar-refractivity contribution < 1.29 is 8.42 Å². The van der Waals surface area contributed by atoms with Crippen molar-refractivity contribution in [3.63, 3.8) is 0 Å². The van der Waals surface area contributed by atoms with Crippen molar-refractivity contribution in [1.29, 1.82) is 0 Å². The number of piperazine rings is 1. The smallest absolute Gasteiger partial charge is 0.254 e. The van der Waals surface area contributed by atoms with Crippen LogP contribution in [-0.4, -0.2) is 56.5 Å². The molecule has 1 aromatic rings. The monoisotopic (exact) mass is 348 g/mol. The van der Waals surface area contributed by atoms with Gasteiger partial charge in [-0.05, 0) is 19.2 Å². The van der Waals surface area contributed by atoms with Gasteiger partial charge >= 0.3 is 0 Å². The molecule has 116 valence electrons. The summed E-state index contributed by atoms with van der Waals surface area (Å²) in [5.74, 6) is 0. The van der Waals surface area contributed by atoms with Gasteiger partial charge in [-0.15, -0.1) is 4.83 Å². The van der Waals surface area contributed by atoms with Gasteiger partial charge in [0.05, 0.1) is 5.02 Å².